The lowest BCUT2D eigenvalue weighted by Gasteiger charge is -2.37. The molecule has 29 heavy (non-hydrogen) atoms. The lowest BCUT2D eigenvalue weighted by atomic mass is 9.80. The highest BCUT2D eigenvalue weighted by Crippen LogP contribution is 2.30. The van der Waals surface area contributed by atoms with Crippen molar-refractivity contribution >= 4 is 5.82 Å². The van der Waals surface area contributed by atoms with Crippen molar-refractivity contribution in [3.8, 4) is 6.07 Å². The van der Waals surface area contributed by atoms with Gasteiger partial charge in [-0.05, 0) is 53.1 Å². The standard InChI is InChI=1S/C24H33N5/c1-23(2,3)20-6-10-27-22(16-20)29-14-12-28(13-15-29)11-8-24(4,5)21-7-9-26-18-19(21)17-25/h6-7,9-10,16,18H,8,11-15H2,1-5H3. The van der Waals surface area contributed by atoms with E-state index in [0.717, 1.165) is 50.5 Å². The van der Waals surface area contributed by atoms with Gasteiger partial charge >= 0.3 is 0 Å². The van der Waals surface area contributed by atoms with Crippen LogP contribution in [0.5, 0.6) is 0 Å². The van der Waals surface area contributed by atoms with Gasteiger partial charge in [-0.2, -0.15) is 5.26 Å². The predicted octanol–water partition coefficient (Wildman–Crippen LogP) is 4.14. The summed E-state index contributed by atoms with van der Waals surface area (Å²) < 4.78 is 0. The van der Waals surface area contributed by atoms with Crippen molar-refractivity contribution in [3.05, 3.63) is 53.5 Å². The Kier molecular flexibility index (Phi) is 6.24. The topological polar surface area (TPSA) is 56.1 Å². The van der Waals surface area contributed by atoms with Gasteiger partial charge in [0.25, 0.3) is 0 Å². The van der Waals surface area contributed by atoms with E-state index in [1.54, 1.807) is 12.4 Å². The van der Waals surface area contributed by atoms with Crippen LogP contribution in [0.4, 0.5) is 5.82 Å². The second-order valence-electron chi connectivity index (χ2n) is 9.65. The van der Waals surface area contributed by atoms with Gasteiger partial charge in [-0.3, -0.25) is 9.88 Å². The van der Waals surface area contributed by atoms with Crippen LogP contribution in [0.1, 0.15) is 57.7 Å². The van der Waals surface area contributed by atoms with Gasteiger partial charge in [0.15, 0.2) is 0 Å². The Morgan fingerprint density at radius 3 is 2.41 bits per heavy atom. The first-order chi connectivity index (χ1) is 13.7. The summed E-state index contributed by atoms with van der Waals surface area (Å²) in [6, 6.07) is 8.64. The third-order valence-corrected chi connectivity index (χ3v) is 6.03. The number of pyridine rings is 2. The molecule has 3 heterocycles. The van der Waals surface area contributed by atoms with Crippen molar-refractivity contribution < 1.29 is 0 Å². The SMILES string of the molecule is CC(C)(C)c1ccnc(N2CCN(CCC(C)(C)c3ccncc3C#N)CC2)c1. The van der Waals surface area contributed by atoms with Gasteiger partial charge in [0.2, 0.25) is 0 Å². The smallest absolute Gasteiger partial charge is 0.128 e. The molecule has 1 aliphatic rings. The fourth-order valence-corrected chi connectivity index (χ4v) is 3.90. The van der Waals surface area contributed by atoms with Crippen LogP contribution in [-0.4, -0.2) is 47.6 Å². The summed E-state index contributed by atoms with van der Waals surface area (Å²) in [6.45, 7) is 16.3. The van der Waals surface area contributed by atoms with E-state index in [1.165, 1.54) is 5.56 Å². The van der Waals surface area contributed by atoms with Crippen LogP contribution in [0.3, 0.4) is 0 Å². The van der Waals surface area contributed by atoms with Gasteiger partial charge in [-0.15, -0.1) is 0 Å². The summed E-state index contributed by atoms with van der Waals surface area (Å²) in [5.41, 5.74) is 3.20. The molecule has 3 rings (SSSR count). The van der Waals surface area contributed by atoms with Crippen LogP contribution in [0.15, 0.2) is 36.8 Å². The summed E-state index contributed by atoms with van der Waals surface area (Å²) in [4.78, 5) is 13.6. The van der Waals surface area contributed by atoms with Gasteiger partial charge in [0.1, 0.15) is 11.9 Å². The van der Waals surface area contributed by atoms with E-state index in [9.17, 15) is 5.26 Å². The van der Waals surface area contributed by atoms with E-state index in [-0.39, 0.29) is 10.8 Å². The summed E-state index contributed by atoms with van der Waals surface area (Å²) in [7, 11) is 0. The summed E-state index contributed by atoms with van der Waals surface area (Å²) in [5, 5.41) is 9.39. The van der Waals surface area contributed by atoms with Crippen molar-refractivity contribution in [3.63, 3.8) is 0 Å². The molecule has 0 N–H and O–H groups in total. The number of anilines is 1. The van der Waals surface area contributed by atoms with E-state index in [1.807, 2.05) is 12.3 Å². The fraction of sp³-hybridized carbons (Fsp3) is 0.542. The zero-order valence-corrected chi connectivity index (χ0v) is 18.4. The van der Waals surface area contributed by atoms with Crippen molar-refractivity contribution in [2.45, 2.75) is 51.9 Å². The van der Waals surface area contributed by atoms with Crippen LogP contribution >= 0.6 is 0 Å². The van der Waals surface area contributed by atoms with E-state index >= 15 is 0 Å². The van der Waals surface area contributed by atoms with Crippen molar-refractivity contribution in [1.82, 2.24) is 14.9 Å². The maximum Gasteiger partial charge on any atom is 0.128 e. The van der Waals surface area contributed by atoms with E-state index in [2.05, 4.69) is 72.6 Å². The number of nitriles is 1. The largest absolute Gasteiger partial charge is 0.354 e. The molecule has 0 radical (unpaired) electrons. The molecule has 0 aromatic carbocycles. The van der Waals surface area contributed by atoms with Gasteiger partial charge in [-0.1, -0.05) is 34.6 Å². The summed E-state index contributed by atoms with van der Waals surface area (Å²) >= 11 is 0. The Labute approximate surface area is 175 Å². The monoisotopic (exact) mass is 391 g/mol. The molecule has 1 saturated heterocycles. The molecule has 0 saturated carbocycles. The first kappa shape index (κ1) is 21.3. The highest BCUT2D eigenvalue weighted by molar-refractivity contribution is 5.43. The minimum atomic E-state index is -0.0479. The Morgan fingerprint density at radius 2 is 1.76 bits per heavy atom. The number of rotatable bonds is 5. The van der Waals surface area contributed by atoms with Gasteiger partial charge < -0.3 is 4.90 Å². The Bertz CT molecular complexity index is 867. The van der Waals surface area contributed by atoms with Crippen molar-refractivity contribution in [2.75, 3.05) is 37.6 Å². The molecule has 5 heteroatoms. The normalized spacial score (nSPS) is 15.9. The first-order valence-electron chi connectivity index (χ1n) is 10.5. The Hall–Kier alpha value is -2.45. The van der Waals surface area contributed by atoms with E-state index in [4.69, 9.17) is 0 Å². The number of nitrogens with zero attached hydrogens (tertiary/aromatic N) is 5. The molecular weight excluding hydrogens is 358 g/mol. The van der Waals surface area contributed by atoms with Gasteiger partial charge in [0, 0.05) is 44.8 Å². The van der Waals surface area contributed by atoms with Crippen LogP contribution < -0.4 is 4.90 Å². The highest BCUT2D eigenvalue weighted by Gasteiger charge is 2.26. The Morgan fingerprint density at radius 1 is 1.03 bits per heavy atom. The molecule has 1 fully saturated rings. The minimum absolute atomic E-state index is 0.0479. The molecule has 1 aliphatic heterocycles. The molecule has 0 unspecified atom stereocenters. The molecule has 0 amide bonds. The van der Waals surface area contributed by atoms with Crippen LogP contribution in [0, 0.1) is 11.3 Å². The van der Waals surface area contributed by atoms with Crippen LogP contribution in [-0.2, 0) is 10.8 Å². The number of piperazine rings is 1. The van der Waals surface area contributed by atoms with Crippen LogP contribution in [0.25, 0.3) is 0 Å². The zero-order chi connectivity index (χ0) is 21.1. The third kappa shape index (κ3) is 5.13. The van der Waals surface area contributed by atoms with Crippen molar-refractivity contribution in [1.29, 1.82) is 5.26 Å². The average molecular weight is 392 g/mol. The molecule has 154 valence electrons. The van der Waals surface area contributed by atoms with Crippen LogP contribution in [0.2, 0.25) is 0 Å². The first-order valence-corrected chi connectivity index (χ1v) is 10.5. The zero-order valence-electron chi connectivity index (χ0n) is 18.4. The lowest BCUT2D eigenvalue weighted by molar-refractivity contribution is 0.234. The molecule has 0 spiro atoms. The third-order valence-electron chi connectivity index (χ3n) is 6.03. The summed E-state index contributed by atoms with van der Waals surface area (Å²) in [5.74, 6) is 1.09. The second-order valence-corrected chi connectivity index (χ2v) is 9.65. The number of hydrogen-bond donors (Lipinski definition) is 0. The second kappa shape index (κ2) is 8.51. The molecule has 2 aromatic heterocycles. The highest BCUT2D eigenvalue weighted by atomic mass is 15.3. The average Bonchev–Trinajstić information content (AvgIpc) is 2.72. The van der Waals surface area contributed by atoms with Crippen molar-refractivity contribution in [2.24, 2.45) is 0 Å². The van der Waals surface area contributed by atoms with Gasteiger partial charge in [0.05, 0.1) is 5.56 Å². The molecule has 0 aliphatic carbocycles. The minimum Gasteiger partial charge on any atom is -0.354 e. The molecule has 0 bridgehead atoms. The van der Waals surface area contributed by atoms with E-state index < -0.39 is 0 Å². The predicted molar refractivity (Wildman–Crippen MR) is 118 cm³/mol. The summed E-state index contributed by atoms with van der Waals surface area (Å²) in [6.07, 6.45) is 6.42. The number of hydrogen-bond acceptors (Lipinski definition) is 5. The maximum absolute atomic E-state index is 9.39. The Balaban J connectivity index is 1.57. The van der Waals surface area contributed by atoms with E-state index in [0.29, 0.717) is 5.56 Å². The maximum atomic E-state index is 9.39. The molecule has 2 aromatic rings. The number of aromatic nitrogens is 2. The molecular formula is C24H33N5. The molecule has 0 atom stereocenters. The molecule has 5 nitrogen and oxygen atoms in total. The fourth-order valence-electron chi connectivity index (χ4n) is 3.90. The lowest BCUT2D eigenvalue weighted by Crippen LogP contribution is -2.47. The van der Waals surface area contributed by atoms with Gasteiger partial charge in [-0.25, -0.2) is 4.98 Å². The quantitative estimate of drug-likeness (QED) is 0.767.